The molecule has 0 saturated carbocycles. The molecule has 1 aliphatic heterocycles. The molecule has 1 saturated heterocycles. The molecular formula is C12H17N5O2. The van der Waals surface area contributed by atoms with Crippen LogP contribution in [0.4, 0.5) is 5.82 Å². The summed E-state index contributed by atoms with van der Waals surface area (Å²) in [5.74, 6) is 4.91. The van der Waals surface area contributed by atoms with Gasteiger partial charge in [0, 0.05) is 32.4 Å². The van der Waals surface area contributed by atoms with Crippen LogP contribution in [-0.2, 0) is 16.1 Å². The van der Waals surface area contributed by atoms with Gasteiger partial charge in [-0.25, -0.2) is 10.8 Å². The van der Waals surface area contributed by atoms with E-state index in [1.54, 1.807) is 22.1 Å². The normalized spacial score (nSPS) is 15.9. The van der Waals surface area contributed by atoms with Crippen molar-refractivity contribution in [1.29, 1.82) is 0 Å². The number of piperazine rings is 1. The highest BCUT2D eigenvalue weighted by molar-refractivity contribution is 6.35. The van der Waals surface area contributed by atoms with E-state index in [-0.39, 0.29) is 0 Å². The lowest BCUT2D eigenvalue weighted by molar-refractivity contribution is -0.156. The van der Waals surface area contributed by atoms with Crippen molar-refractivity contribution in [2.24, 2.45) is 5.84 Å². The summed E-state index contributed by atoms with van der Waals surface area (Å²) in [5.41, 5.74) is 3.30. The summed E-state index contributed by atoms with van der Waals surface area (Å²) in [6.07, 6.45) is 1.64. The first-order chi connectivity index (χ1) is 9.15. The molecule has 19 heavy (non-hydrogen) atoms. The number of anilines is 1. The van der Waals surface area contributed by atoms with Crippen LogP contribution in [0.1, 0.15) is 12.5 Å². The van der Waals surface area contributed by atoms with Crippen LogP contribution in [-0.4, -0.2) is 46.2 Å². The molecule has 1 aromatic rings. The fourth-order valence-electron chi connectivity index (χ4n) is 1.99. The van der Waals surface area contributed by atoms with Gasteiger partial charge in [-0.1, -0.05) is 6.07 Å². The SMILES string of the molecule is CCN1CCN(Cc2ccc(NN)nc2)C(=O)C1=O. The van der Waals surface area contributed by atoms with Crippen molar-refractivity contribution in [2.45, 2.75) is 13.5 Å². The number of pyridine rings is 1. The molecule has 0 aliphatic carbocycles. The van der Waals surface area contributed by atoms with Crippen molar-refractivity contribution in [3.63, 3.8) is 0 Å². The van der Waals surface area contributed by atoms with Crippen molar-refractivity contribution in [2.75, 3.05) is 25.1 Å². The summed E-state index contributed by atoms with van der Waals surface area (Å²) in [5, 5.41) is 0. The van der Waals surface area contributed by atoms with Crippen molar-refractivity contribution in [3.05, 3.63) is 23.9 Å². The monoisotopic (exact) mass is 263 g/mol. The van der Waals surface area contributed by atoms with E-state index in [0.29, 0.717) is 32.0 Å². The van der Waals surface area contributed by atoms with Gasteiger partial charge in [-0.2, -0.15) is 0 Å². The van der Waals surface area contributed by atoms with Crippen LogP contribution in [0.3, 0.4) is 0 Å². The second-order valence-corrected chi connectivity index (χ2v) is 4.31. The number of amides is 2. The minimum absolute atomic E-state index is 0.389. The Morgan fingerprint density at radius 3 is 2.53 bits per heavy atom. The van der Waals surface area contributed by atoms with Gasteiger partial charge in [-0.3, -0.25) is 9.59 Å². The van der Waals surface area contributed by atoms with Crippen molar-refractivity contribution < 1.29 is 9.59 Å². The van der Waals surface area contributed by atoms with Crippen molar-refractivity contribution in [3.8, 4) is 0 Å². The second kappa shape index (κ2) is 5.66. The quantitative estimate of drug-likeness (QED) is 0.436. The molecule has 2 rings (SSSR count). The fraction of sp³-hybridized carbons (Fsp3) is 0.417. The lowest BCUT2D eigenvalue weighted by atomic mass is 10.2. The zero-order valence-electron chi connectivity index (χ0n) is 10.8. The first-order valence-electron chi connectivity index (χ1n) is 6.15. The zero-order valence-corrected chi connectivity index (χ0v) is 10.8. The minimum Gasteiger partial charge on any atom is -0.333 e. The summed E-state index contributed by atoms with van der Waals surface area (Å²) < 4.78 is 0. The third-order valence-electron chi connectivity index (χ3n) is 3.12. The molecule has 3 N–H and O–H groups in total. The number of hydrogen-bond donors (Lipinski definition) is 2. The molecule has 0 atom stereocenters. The number of carbonyl (C=O) groups is 2. The molecule has 1 aromatic heterocycles. The molecule has 2 amide bonds. The van der Waals surface area contributed by atoms with Gasteiger partial charge in [-0.15, -0.1) is 0 Å². The number of rotatable bonds is 4. The molecule has 102 valence electrons. The fourth-order valence-corrected chi connectivity index (χ4v) is 1.99. The number of likely N-dealkylation sites (N-methyl/N-ethyl adjacent to an activating group) is 1. The lowest BCUT2D eigenvalue weighted by Gasteiger charge is -2.33. The van der Waals surface area contributed by atoms with E-state index in [2.05, 4.69) is 10.4 Å². The smallest absolute Gasteiger partial charge is 0.312 e. The molecule has 0 aromatic carbocycles. The molecule has 0 unspecified atom stereocenters. The van der Waals surface area contributed by atoms with E-state index in [9.17, 15) is 9.59 Å². The van der Waals surface area contributed by atoms with Gasteiger partial charge in [0.25, 0.3) is 0 Å². The third-order valence-corrected chi connectivity index (χ3v) is 3.12. The van der Waals surface area contributed by atoms with Crippen LogP contribution in [0.15, 0.2) is 18.3 Å². The maximum absolute atomic E-state index is 11.9. The zero-order chi connectivity index (χ0) is 13.8. The average molecular weight is 263 g/mol. The van der Waals surface area contributed by atoms with Gasteiger partial charge in [-0.05, 0) is 18.6 Å². The first-order valence-corrected chi connectivity index (χ1v) is 6.15. The summed E-state index contributed by atoms with van der Waals surface area (Å²) in [7, 11) is 0. The Balaban J connectivity index is 2.03. The number of nitrogen functional groups attached to an aromatic ring is 1. The van der Waals surface area contributed by atoms with Crippen LogP contribution in [0.2, 0.25) is 0 Å². The van der Waals surface area contributed by atoms with Crippen molar-refractivity contribution in [1.82, 2.24) is 14.8 Å². The number of hydrazine groups is 1. The second-order valence-electron chi connectivity index (χ2n) is 4.31. The summed E-state index contributed by atoms with van der Waals surface area (Å²) in [6.45, 7) is 3.95. The molecular weight excluding hydrogens is 246 g/mol. The minimum atomic E-state index is -0.450. The predicted octanol–water partition coefficient (Wildman–Crippen LogP) is -0.442. The van der Waals surface area contributed by atoms with Gasteiger partial charge < -0.3 is 15.2 Å². The highest BCUT2D eigenvalue weighted by atomic mass is 16.2. The van der Waals surface area contributed by atoms with Gasteiger partial charge in [0.2, 0.25) is 0 Å². The number of aromatic nitrogens is 1. The van der Waals surface area contributed by atoms with Gasteiger partial charge >= 0.3 is 11.8 Å². The Kier molecular flexibility index (Phi) is 3.96. The summed E-state index contributed by atoms with van der Waals surface area (Å²) in [4.78, 5) is 30.8. The molecule has 7 heteroatoms. The maximum atomic E-state index is 11.9. The van der Waals surface area contributed by atoms with E-state index in [1.807, 2.05) is 13.0 Å². The summed E-state index contributed by atoms with van der Waals surface area (Å²) >= 11 is 0. The molecule has 7 nitrogen and oxygen atoms in total. The van der Waals surface area contributed by atoms with E-state index in [1.165, 1.54) is 0 Å². The highest BCUT2D eigenvalue weighted by Crippen LogP contribution is 2.11. The largest absolute Gasteiger partial charge is 0.333 e. The lowest BCUT2D eigenvalue weighted by Crippen LogP contribution is -2.53. The molecule has 2 heterocycles. The third kappa shape index (κ3) is 2.82. The number of nitrogens with one attached hydrogen (secondary N) is 1. The van der Waals surface area contributed by atoms with E-state index in [0.717, 1.165) is 5.56 Å². The van der Waals surface area contributed by atoms with E-state index >= 15 is 0 Å². The van der Waals surface area contributed by atoms with E-state index in [4.69, 9.17) is 5.84 Å². The Morgan fingerprint density at radius 2 is 1.95 bits per heavy atom. The van der Waals surface area contributed by atoms with Crippen LogP contribution in [0.5, 0.6) is 0 Å². The predicted molar refractivity (Wildman–Crippen MR) is 69.7 cm³/mol. The number of carbonyl (C=O) groups excluding carboxylic acids is 2. The van der Waals surface area contributed by atoms with Crippen LogP contribution in [0, 0.1) is 0 Å². The first kappa shape index (κ1) is 13.3. The van der Waals surface area contributed by atoms with Gasteiger partial charge in [0.05, 0.1) is 0 Å². The Morgan fingerprint density at radius 1 is 1.26 bits per heavy atom. The van der Waals surface area contributed by atoms with Gasteiger partial charge in [0.1, 0.15) is 5.82 Å². The Hall–Kier alpha value is -2.15. The number of nitrogens with two attached hydrogens (primary N) is 1. The van der Waals surface area contributed by atoms with E-state index < -0.39 is 11.8 Å². The molecule has 1 aliphatic rings. The molecule has 0 radical (unpaired) electrons. The topological polar surface area (TPSA) is 91.6 Å². The Labute approximate surface area is 111 Å². The molecule has 1 fully saturated rings. The van der Waals surface area contributed by atoms with Crippen molar-refractivity contribution >= 4 is 17.6 Å². The number of hydrogen-bond acceptors (Lipinski definition) is 5. The highest BCUT2D eigenvalue weighted by Gasteiger charge is 2.31. The number of nitrogens with zero attached hydrogens (tertiary/aromatic N) is 3. The van der Waals surface area contributed by atoms with Crippen LogP contribution < -0.4 is 11.3 Å². The van der Waals surface area contributed by atoms with Gasteiger partial charge in [0.15, 0.2) is 0 Å². The molecule has 0 spiro atoms. The standard InChI is InChI=1S/C12H17N5O2/c1-2-16-5-6-17(12(19)11(16)18)8-9-3-4-10(15-13)14-7-9/h3-4,7H,2,5-6,8,13H2,1H3,(H,14,15). The summed E-state index contributed by atoms with van der Waals surface area (Å²) in [6, 6.07) is 3.55. The Bertz CT molecular complexity index is 474. The van der Waals surface area contributed by atoms with Crippen LogP contribution in [0.25, 0.3) is 0 Å². The average Bonchev–Trinajstić information content (AvgIpc) is 2.45. The maximum Gasteiger partial charge on any atom is 0.312 e. The molecule has 0 bridgehead atoms. The van der Waals surface area contributed by atoms with Crippen LogP contribution >= 0.6 is 0 Å².